The molecule has 0 saturated heterocycles. The predicted molar refractivity (Wildman–Crippen MR) is 68.8 cm³/mol. The molecule has 0 aliphatic carbocycles. The van der Waals surface area contributed by atoms with E-state index in [4.69, 9.17) is 9.26 Å². The molecular weight excluding hydrogens is 280 g/mol. The number of esters is 1. The van der Waals surface area contributed by atoms with Gasteiger partial charge < -0.3 is 9.26 Å². The largest absolute Gasteiger partial charge is 0.451 e. The minimum atomic E-state index is -0.589. The summed E-state index contributed by atoms with van der Waals surface area (Å²) in [6.45, 7) is -0.103. The van der Waals surface area contributed by atoms with E-state index < -0.39 is 5.97 Å². The molecule has 0 aliphatic heterocycles. The zero-order valence-electron chi connectivity index (χ0n) is 10.1. The van der Waals surface area contributed by atoms with Gasteiger partial charge in [-0.3, -0.25) is 4.98 Å². The fourth-order valence-corrected chi connectivity index (χ4v) is 2.07. The van der Waals surface area contributed by atoms with Gasteiger partial charge in [0.15, 0.2) is 12.3 Å². The summed E-state index contributed by atoms with van der Waals surface area (Å²) in [6, 6.07) is 3.77. The van der Waals surface area contributed by atoms with Gasteiger partial charge in [0.05, 0.1) is 11.1 Å². The number of carbonyl (C=O) groups excluding carboxylic acids is 1. The Morgan fingerprint density at radius 1 is 1.40 bits per heavy atom. The van der Waals surface area contributed by atoms with Crippen LogP contribution in [0.15, 0.2) is 40.6 Å². The van der Waals surface area contributed by atoms with E-state index in [1.54, 1.807) is 0 Å². The van der Waals surface area contributed by atoms with Gasteiger partial charge in [-0.2, -0.15) is 4.98 Å². The first-order valence-electron chi connectivity index (χ1n) is 5.62. The van der Waals surface area contributed by atoms with Crippen LogP contribution in [0.2, 0.25) is 0 Å². The molecule has 0 atom stereocenters. The van der Waals surface area contributed by atoms with Crippen molar-refractivity contribution < 1.29 is 14.1 Å². The Labute approximate surface area is 117 Å². The van der Waals surface area contributed by atoms with Gasteiger partial charge in [-0.15, -0.1) is 11.3 Å². The smallest absolute Gasteiger partial charge is 0.359 e. The zero-order valence-corrected chi connectivity index (χ0v) is 10.9. The Kier molecular flexibility index (Phi) is 3.46. The average Bonchev–Trinajstić information content (AvgIpc) is 3.16. The maximum Gasteiger partial charge on any atom is 0.359 e. The minimum Gasteiger partial charge on any atom is -0.451 e. The number of aromatic nitrogens is 4. The molecule has 8 heteroatoms. The Morgan fingerprint density at radius 2 is 2.35 bits per heavy atom. The molecule has 0 unspecified atom stereocenters. The van der Waals surface area contributed by atoms with E-state index in [1.807, 2.05) is 17.5 Å². The van der Waals surface area contributed by atoms with Gasteiger partial charge in [0.2, 0.25) is 5.82 Å². The van der Waals surface area contributed by atoms with E-state index in [0.29, 0.717) is 5.82 Å². The van der Waals surface area contributed by atoms with Gasteiger partial charge >= 0.3 is 5.97 Å². The molecule has 0 spiro atoms. The molecular formula is C12H8N4O3S. The molecule has 3 rings (SSSR count). The lowest BCUT2D eigenvalue weighted by Crippen LogP contribution is -2.07. The second-order valence-corrected chi connectivity index (χ2v) is 4.60. The monoisotopic (exact) mass is 288 g/mol. The highest BCUT2D eigenvalue weighted by molar-refractivity contribution is 7.13. The molecule has 0 N–H and O–H groups in total. The highest BCUT2D eigenvalue weighted by atomic mass is 32.1. The summed E-state index contributed by atoms with van der Waals surface area (Å²) in [5.41, 5.74) is 0.130. The average molecular weight is 288 g/mol. The second kappa shape index (κ2) is 5.57. The summed E-state index contributed by atoms with van der Waals surface area (Å²) in [5.74, 6) is 0.116. The Hall–Kier alpha value is -2.61. The van der Waals surface area contributed by atoms with Crippen LogP contribution >= 0.6 is 11.3 Å². The fourth-order valence-electron chi connectivity index (χ4n) is 1.43. The second-order valence-electron chi connectivity index (χ2n) is 3.66. The van der Waals surface area contributed by atoms with Crippen molar-refractivity contribution in [2.75, 3.05) is 0 Å². The molecule has 0 saturated carbocycles. The van der Waals surface area contributed by atoms with Crippen molar-refractivity contribution >= 4 is 17.3 Å². The van der Waals surface area contributed by atoms with Crippen LogP contribution in [-0.4, -0.2) is 26.1 Å². The molecule has 0 bridgehead atoms. The topological polar surface area (TPSA) is 91.0 Å². The van der Waals surface area contributed by atoms with Crippen LogP contribution in [0.5, 0.6) is 0 Å². The molecule has 0 aliphatic rings. The number of thiophene rings is 1. The minimum absolute atomic E-state index is 0.103. The number of nitrogens with zero attached hydrogens (tertiary/aromatic N) is 4. The van der Waals surface area contributed by atoms with E-state index in [1.165, 1.54) is 29.9 Å². The number of carbonyl (C=O) groups is 1. The van der Waals surface area contributed by atoms with Crippen molar-refractivity contribution in [2.45, 2.75) is 6.61 Å². The van der Waals surface area contributed by atoms with Crippen LogP contribution in [0.25, 0.3) is 10.7 Å². The molecule has 3 aromatic rings. The lowest BCUT2D eigenvalue weighted by atomic mass is 10.4. The summed E-state index contributed by atoms with van der Waals surface area (Å²) in [6.07, 6.45) is 4.22. The summed E-state index contributed by atoms with van der Waals surface area (Å²) in [7, 11) is 0. The zero-order chi connectivity index (χ0) is 13.8. The third-order valence-electron chi connectivity index (χ3n) is 2.31. The highest BCUT2D eigenvalue weighted by Crippen LogP contribution is 2.21. The normalized spacial score (nSPS) is 10.4. The maximum atomic E-state index is 11.6. The first kappa shape index (κ1) is 12.4. The number of hydrogen-bond acceptors (Lipinski definition) is 8. The van der Waals surface area contributed by atoms with E-state index in [2.05, 4.69) is 20.1 Å². The fraction of sp³-hybridized carbons (Fsp3) is 0.0833. The summed E-state index contributed by atoms with van der Waals surface area (Å²) in [5, 5.41) is 5.73. The molecule has 3 aromatic heterocycles. The van der Waals surface area contributed by atoms with Crippen molar-refractivity contribution in [3.8, 4) is 10.7 Å². The van der Waals surface area contributed by atoms with Gasteiger partial charge in [-0.25, -0.2) is 9.78 Å². The Bertz CT molecular complexity index is 697. The van der Waals surface area contributed by atoms with Gasteiger partial charge in [0, 0.05) is 12.4 Å². The molecule has 3 heterocycles. The lowest BCUT2D eigenvalue weighted by Gasteiger charge is -1.99. The van der Waals surface area contributed by atoms with Crippen LogP contribution < -0.4 is 0 Å². The summed E-state index contributed by atoms with van der Waals surface area (Å²) >= 11 is 1.50. The SMILES string of the molecule is O=C(OCc1nc(-c2cccs2)no1)c1cnccn1. The van der Waals surface area contributed by atoms with E-state index in [9.17, 15) is 4.79 Å². The van der Waals surface area contributed by atoms with Crippen LogP contribution in [-0.2, 0) is 11.3 Å². The molecule has 0 fully saturated rings. The maximum absolute atomic E-state index is 11.6. The molecule has 0 radical (unpaired) electrons. The molecule has 0 aromatic carbocycles. The summed E-state index contributed by atoms with van der Waals surface area (Å²) < 4.78 is 10.0. The van der Waals surface area contributed by atoms with Gasteiger partial charge in [0.25, 0.3) is 5.89 Å². The van der Waals surface area contributed by atoms with Crippen molar-refractivity contribution in [2.24, 2.45) is 0 Å². The third-order valence-corrected chi connectivity index (χ3v) is 3.17. The highest BCUT2D eigenvalue weighted by Gasteiger charge is 2.13. The third kappa shape index (κ3) is 2.69. The van der Waals surface area contributed by atoms with Crippen LogP contribution in [0.4, 0.5) is 0 Å². The van der Waals surface area contributed by atoms with E-state index in [-0.39, 0.29) is 18.2 Å². The quantitative estimate of drug-likeness (QED) is 0.677. The lowest BCUT2D eigenvalue weighted by molar-refractivity contribution is 0.0422. The molecule has 0 amide bonds. The van der Waals surface area contributed by atoms with Gasteiger partial charge in [0.1, 0.15) is 0 Å². The van der Waals surface area contributed by atoms with E-state index >= 15 is 0 Å². The predicted octanol–water partition coefficient (Wildman–Crippen LogP) is 1.95. The number of hydrogen-bond donors (Lipinski definition) is 0. The number of ether oxygens (including phenoxy) is 1. The van der Waals surface area contributed by atoms with Crippen LogP contribution in [0.1, 0.15) is 16.4 Å². The Balaban J connectivity index is 1.63. The van der Waals surface area contributed by atoms with Crippen LogP contribution in [0, 0.1) is 0 Å². The van der Waals surface area contributed by atoms with Crippen molar-refractivity contribution in [3.63, 3.8) is 0 Å². The van der Waals surface area contributed by atoms with Gasteiger partial charge in [-0.05, 0) is 11.4 Å². The standard InChI is InChI=1S/C12H8N4O3S/c17-12(8-6-13-3-4-14-8)18-7-10-15-11(16-19-10)9-2-1-5-20-9/h1-6H,7H2. The summed E-state index contributed by atoms with van der Waals surface area (Å²) in [4.78, 5) is 24.3. The molecule has 20 heavy (non-hydrogen) atoms. The van der Waals surface area contributed by atoms with Crippen molar-refractivity contribution in [3.05, 3.63) is 47.7 Å². The van der Waals surface area contributed by atoms with Gasteiger partial charge in [-0.1, -0.05) is 11.2 Å². The van der Waals surface area contributed by atoms with Crippen LogP contribution in [0.3, 0.4) is 0 Å². The van der Waals surface area contributed by atoms with Crippen molar-refractivity contribution in [1.29, 1.82) is 0 Å². The molecule has 100 valence electrons. The molecule has 7 nitrogen and oxygen atoms in total. The first-order valence-corrected chi connectivity index (χ1v) is 6.50. The number of rotatable bonds is 4. The van der Waals surface area contributed by atoms with Crippen molar-refractivity contribution in [1.82, 2.24) is 20.1 Å². The van der Waals surface area contributed by atoms with E-state index in [0.717, 1.165) is 4.88 Å². The Morgan fingerprint density at radius 3 is 3.10 bits per heavy atom. The first-order chi connectivity index (χ1) is 9.83.